The molecule has 10 atom stereocenters. The second-order valence-electron chi connectivity index (χ2n) is 12.1. The Balaban J connectivity index is 2.87. The molecule has 0 unspecified atom stereocenters. The zero-order valence-corrected chi connectivity index (χ0v) is 32.6. The highest BCUT2D eigenvalue weighted by Gasteiger charge is 2.58. The molecule has 2 heterocycles. The monoisotopic (exact) mass is 790 g/mol. The van der Waals surface area contributed by atoms with Gasteiger partial charge in [0.1, 0.15) is 31.5 Å². The molecule has 0 bridgehead atoms. The Morgan fingerprint density at radius 2 is 0.636 bits per heavy atom. The summed E-state index contributed by atoms with van der Waals surface area (Å²) in [6.45, 7) is 10.8. The Labute approximate surface area is 319 Å². The molecule has 19 nitrogen and oxygen atoms in total. The van der Waals surface area contributed by atoms with E-state index < -0.39 is 122 Å². The van der Waals surface area contributed by atoms with Crippen molar-refractivity contribution < 1.29 is 90.5 Å². The van der Waals surface area contributed by atoms with Gasteiger partial charge >= 0.3 is 47.8 Å². The Morgan fingerprint density at radius 1 is 0.345 bits per heavy atom. The largest absolute Gasteiger partial charge is 0.463 e. The topological polar surface area (TPSA) is 238 Å². The third-order valence-electron chi connectivity index (χ3n) is 8.19. The highest BCUT2D eigenvalue weighted by Crippen LogP contribution is 2.36. The Bertz CT molecular complexity index is 1330. The zero-order chi connectivity index (χ0) is 41.2. The first-order valence-electron chi connectivity index (χ1n) is 18.6. The smallest absolute Gasteiger partial charge is 0.307 e. The predicted octanol–water partition coefficient (Wildman–Crippen LogP) is 2.29. The molecule has 0 aliphatic carbocycles. The van der Waals surface area contributed by atoms with Crippen molar-refractivity contribution >= 4 is 47.8 Å². The van der Waals surface area contributed by atoms with Gasteiger partial charge < -0.3 is 52.1 Å². The average Bonchev–Trinajstić information content (AvgIpc) is 3.19. The van der Waals surface area contributed by atoms with Crippen LogP contribution in [0, 0.1) is 0 Å². The number of rotatable bonds is 20. The molecule has 19 heteroatoms. The fraction of sp³-hybridized carbons (Fsp3) is 0.778. The molecule has 2 aliphatic heterocycles. The SMILES string of the molecule is CCC(=O)OC[C@H]1O[C@@H](O[C@H]2[C@H](OC(=O)CC)[C@@H](OC(=O)CC)[C@H](OC(=O)CC)O[C@@H]2COC(=O)CC)[C@H](OC(=O)CC)[C@@H](OC(=O)CC)[C@@H]1OC(=O)CC. The fourth-order valence-corrected chi connectivity index (χ4v) is 5.15. The van der Waals surface area contributed by atoms with Crippen LogP contribution in [-0.2, 0) is 90.5 Å². The van der Waals surface area contributed by atoms with E-state index in [1.54, 1.807) is 0 Å². The lowest BCUT2D eigenvalue weighted by Crippen LogP contribution is -2.67. The molecule has 0 spiro atoms. The number of carbonyl (C=O) groups is 8. The molecule has 0 amide bonds. The van der Waals surface area contributed by atoms with Crippen LogP contribution in [0.3, 0.4) is 0 Å². The van der Waals surface area contributed by atoms with Gasteiger partial charge in [0.05, 0.1) is 0 Å². The van der Waals surface area contributed by atoms with Crippen LogP contribution in [-0.4, -0.2) is 122 Å². The summed E-state index contributed by atoms with van der Waals surface area (Å²) in [4.78, 5) is 101. The maximum atomic E-state index is 13.0. The summed E-state index contributed by atoms with van der Waals surface area (Å²) in [7, 11) is 0. The van der Waals surface area contributed by atoms with Gasteiger partial charge in [0.15, 0.2) is 30.7 Å². The molecule has 2 saturated heterocycles. The van der Waals surface area contributed by atoms with Crippen molar-refractivity contribution in [3.8, 4) is 0 Å². The van der Waals surface area contributed by atoms with E-state index in [2.05, 4.69) is 0 Å². The van der Waals surface area contributed by atoms with E-state index in [4.69, 9.17) is 52.1 Å². The molecular weight excluding hydrogens is 736 g/mol. The molecule has 312 valence electrons. The molecule has 0 aromatic heterocycles. The number of ether oxygens (including phenoxy) is 11. The molecule has 0 aromatic rings. The summed E-state index contributed by atoms with van der Waals surface area (Å²) in [6, 6.07) is 0. The van der Waals surface area contributed by atoms with Crippen molar-refractivity contribution in [1.82, 2.24) is 0 Å². The summed E-state index contributed by atoms with van der Waals surface area (Å²) in [6.07, 6.45) is -17.3. The van der Waals surface area contributed by atoms with Crippen LogP contribution >= 0.6 is 0 Å². The third-order valence-corrected chi connectivity index (χ3v) is 8.19. The van der Waals surface area contributed by atoms with E-state index in [1.807, 2.05) is 0 Å². The van der Waals surface area contributed by atoms with Gasteiger partial charge in [-0.05, 0) is 0 Å². The molecule has 0 saturated carbocycles. The van der Waals surface area contributed by atoms with Crippen LogP contribution in [0.4, 0.5) is 0 Å². The second-order valence-corrected chi connectivity index (χ2v) is 12.1. The first-order valence-corrected chi connectivity index (χ1v) is 18.6. The summed E-state index contributed by atoms with van der Waals surface area (Å²) >= 11 is 0. The van der Waals surface area contributed by atoms with Gasteiger partial charge in [-0.15, -0.1) is 0 Å². The van der Waals surface area contributed by atoms with Crippen molar-refractivity contribution in [3.63, 3.8) is 0 Å². The van der Waals surface area contributed by atoms with Gasteiger partial charge in [0, 0.05) is 51.4 Å². The molecule has 2 fully saturated rings. The van der Waals surface area contributed by atoms with Crippen molar-refractivity contribution in [2.45, 2.75) is 168 Å². The van der Waals surface area contributed by atoms with Crippen molar-refractivity contribution in [1.29, 1.82) is 0 Å². The predicted molar refractivity (Wildman–Crippen MR) is 182 cm³/mol. The lowest BCUT2D eigenvalue weighted by Gasteiger charge is -2.48. The number of esters is 8. The van der Waals surface area contributed by atoms with Gasteiger partial charge in [-0.2, -0.15) is 0 Å². The number of hydrogen-bond acceptors (Lipinski definition) is 19. The standard InChI is InChI=1S/C36H54O19/c1-9-21(37)45-17-19-29(49-23(39)11-3)31(50-24(40)12-4)34(53-27(43)15-7)36(48-19)55-30-20(18-46-22(38)10-2)47-35(54-28(44)16-8)33(52-26(42)14-6)32(30)51-25(41)13-5/h19-20,29-36H,9-18H2,1-8H3/t19-,20-,29-,30-,31+,32+,33-,34-,35+,36+/m1/s1. The van der Waals surface area contributed by atoms with Gasteiger partial charge in [0.2, 0.25) is 12.4 Å². The fourth-order valence-electron chi connectivity index (χ4n) is 5.15. The van der Waals surface area contributed by atoms with E-state index in [-0.39, 0.29) is 51.4 Å². The number of hydrogen-bond donors (Lipinski definition) is 0. The third kappa shape index (κ3) is 14.0. The molecule has 0 aromatic carbocycles. The van der Waals surface area contributed by atoms with Crippen LogP contribution in [0.15, 0.2) is 0 Å². The average molecular weight is 791 g/mol. The highest BCUT2D eigenvalue weighted by molar-refractivity contribution is 5.73. The molecule has 0 radical (unpaired) electrons. The Morgan fingerprint density at radius 3 is 1.04 bits per heavy atom. The van der Waals surface area contributed by atoms with Crippen LogP contribution in [0.25, 0.3) is 0 Å². The first-order chi connectivity index (χ1) is 26.2. The zero-order valence-electron chi connectivity index (χ0n) is 32.6. The Kier molecular flexibility index (Phi) is 20.0. The van der Waals surface area contributed by atoms with E-state index in [9.17, 15) is 38.4 Å². The molecule has 2 aliphatic rings. The van der Waals surface area contributed by atoms with Crippen molar-refractivity contribution in [2.24, 2.45) is 0 Å². The van der Waals surface area contributed by atoms with Crippen LogP contribution in [0.5, 0.6) is 0 Å². The highest BCUT2D eigenvalue weighted by atomic mass is 16.8. The maximum absolute atomic E-state index is 13.0. The van der Waals surface area contributed by atoms with Gasteiger partial charge in [-0.25, -0.2) is 0 Å². The van der Waals surface area contributed by atoms with Crippen molar-refractivity contribution in [3.05, 3.63) is 0 Å². The maximum Gasteiger partial charge on any atom is 0.307 e. The van der Waals surface area contributed by atoms with E-state index in [1.165, 1.54) is 55.4 Å². The van der Waals surface area contributed by atoms with Gasteiger partial charge in [0.25, 0.3) is 0 Å². The number of carbonyl (C=O) groups excluding carboxylic acids is 8. The minimum Gasteiger partial charge on any atom is -0.463 e. The van der Waals surface area contributed by atoms with E-state index in [0.29, 0.717) is 0 Å². The summed E-state index contributed by atoms with van der Waals surface area (Å²) in [5, 5.41) is 0. The normalized spacial score (nSPS) is 27.4. The first kappa shape index (κ1) is 46.8. The molecule has 2 rings (SSSR count). The minimum atomic E-state index is -1.83. The molecule has 0 N–H and O–H groups in total. The van der Waals surface area contributed by atoms with Crippen molar-refractivity contribution in [2.75, 3.05) is 13.2 Å². The molecule has 55 heavy (non-hydrogen) atoms. The summed E-state index contributed by atoms with van der Waals surface area (Å²) in [5.41, 5.74) is 0. The summed E-state index contributed by atoms with van der Waals surface area (Å²) < 4.78 is 63.4. The van der Waals surface area contributed by atoms with Crippen LogP contribution in [0.2, 0.25) is 0 Å². The Hall–Kier alpha value is -4.36. The lowest BCUT2D eigenvalue weighted by molar-refractivity contribution is -0.358. The lowest BCUT2D eigenvalue weighted by atomic mass is 9.95. The van der Waals surface area contributed by atoms with E-state index in [0.717, 1.165) is 0 Å². The van der Waals surface area contributed by atoms with Gasteiger partial charge in [-0.1, -0.05) is 55.4 Å². The summed E-state index contributed by atoms with van der Waals surface area (Å²) in [5.74, 6) is -6.18. The molecular formula is C36H54O19. The van der Waals surface area contributed by atoms with E-state index >= 15 is 0 Å². The quantitative estimate of drug-likeness (QED) is 0.127. The minimum absolute atomic E-state index is 0.0409. The van der Waals surface area contributed by atoms with Crippen LogP contribution in [0.1, 0.15) is 107 Å². The second kappa shape index (κ2) is 23.5. The van der Waals surface area contributed by atoms with Gasteiger partial charge in [-0.3, -0.25) is 38.4 Å². The van der Waals surface area contributed by atoms with Crippen LogP contribution < -0.4 is 0 Å².